The van der Waals surface area contributed by atoms with Crippen LogP contribution in [0.1, 0.15) is 36.8 Å². The van der Waals surface area contributed by atoms with E-state index in [4.69, 9.17) is 4.74 Å². The van der Waals surface area contributed by atoms with E-state index in [1.807, 2.05) is 12.1 Å². The third kappa shape index (κ3) is 1.94. The second kappa shape index (κ2) is 4.81. The lowest BCUT2D eigenvalue weighted by Crippen LogP contribution is -2.29. The standard InChI is InChI=1S/C15H17NO4/c1-9(17)16-7-2-3-12(15(18)19)11-5-4-10-6-8-20-14(10)13(11)16/h4-5,12H,2-3,6-8H2,1H3,(H,18,19). The average molecular weight is 275 g/mol. The predicted octanol–water partition coefficient (Wildman–Crippen LogP) is 1.94. The summed E-state index contributed by atoms with van der Waals surface area (Å²) in [6.07, 6.45) is 2.04. The zero-order valence-corrected chi connectivity index (χ0v) is 11.4. The third-order valence-corrected chi connectivity index (χ3v) is 4.06. The van der Waals surface area contributed by atoms with Crippen LogP contribution in [-0.4, -0.2) is 30.1 Å². The number of carboxylic acids is 1. The van der Waals surface area contributed by atoms with Crippen molar-refractivity contribution in [2.75, 3.05) is 18.1 Å². The molecule has 0 aromatic heterocycles. The van der Waals surface area contributed by atoms with Crippen LogP contribution in [0.2, 0.25) is 0 Å². The fraction of sp³-hybridized carbons (Fsp3) is 0.467. The van der Waals surface area contributed by atoms with Crippen LogP contribution in [0.3, 0.4) is 0 Å². The molecule has 0 radical (unpaired) electrons. The SMILES string of the molecule is CC(=O)N1CCCC(C(=O)O)c2ccc3c(c21)OCC3. The topological polar surface area (TPSA) is 66.8 Å². The molecule has 2 heterocycles. The lowest BCUT2D eigenvalue weighted by Gasteiger charge is -2.24. The van der Waals surface area contributed by atoms with Crippen LogP contribution in [0.15, 0.2) is 12.1 Å². The molecule has 2 aliphatic rings. The highest BCUT2D eigenvalue weighted by atomic mass is 16.5. The number of rotatable bonds is 1. The minimum absolute atomic E-state index is 0.0683. The molecule has 0 spiro atoms. The summed E-state index contributed by atoms with van der Waals surface area (Å²) in [5.74, 6) is -0.773. The van der Waals surface area contributed by atoms with Crippen LogP contribution in [0.5, 0.6) is 5.75 Å². The monoisotopic (exact) mass is 275 g/mol. The molecule has 2 aliphatic heterocycles. The minimum Gasteiger partial charge on any atom is -0.491 e. The van der Waals surface area contributed by atoms with Gasteiger partial charge in [0.05, 0.1) is 18.2 Å². The van der Waals surface area contributed by atoms with E-state index in [1.54, 1.807) is 4.90 Å². The van der Waals surface area contributed by atoms with Gasteiger partial charge in [-0.05, 0) is 24.0 Å². The van der Waals surface area contributed by atoms with Gasteiger partial charge in [-0.2, -0.15) is 0 Å². The molecular weight excluding hydrogens is 258 g/mol. The van der Waals surface area contributed by atoms with Crippen LogP contribution in [0, 0.1) is 0 Å². The van der Waals surface area contributed by atoms with Gasteiger partial charge in [-0.3, -0.25) is 9.59 Å². The van der Waals surface area contributed by atoms with Crippen molar-refractivity contribution < 1.29 is 19.4 Å². The molecule has 1 unspecified atom stereocenters. The Balaban J connectivity index is 2.21. The number of benzene rings is 1. The molecule has 5 heteroatoms. The maximum Gasteiger partial charge on any atom is 0.311 e. The predicted molar refractivity (Wildman–Crippen MR) is 73.3 cm³/mol. The highest BCUT2D eigenvalue weighted by Crippen LogP contribution is 2.45. The first kappa shape index (κ1) is 13.0. The maximum absolute atomic E-state index is 11.9. The van der Waals surface area contributed by atoms with E-state index in [0.29, 0.717) is 43.0 Å². The van der Waals surface area contributed by atoms with E-state index < -0.39 is 11.9 Å². The minimum atomic E-state index is -0.838. The van der Waals surface area contributed by atoms with Crippen LogP contribution in [0.25, 0.3) is 0 Å². The van der Waals surface area contributed by atoms with Gasteiger partial charge in [-0.15, -0.1) is 0 Å². The molecule has 3 rings (SSSR count). The highest BCUT2D eigenvalue weighted by Gasteiger charge is 2.33. The number of nitrogens with zero attached hydrogens (tertiary/aromatic N) is 1. The Morgan fingerprint density at radius 1 is 1.40 bits per heavy atom. The van der Waals surface area contributed by atoms with Gasteiger partial charge in [0.2, 0.25) is 5.91 Å². The number of anilines is 1. The molecule has 1 N–H and O–H groups in total. The summed E-state index contributed by atoms with van der Waals surface area (Å²) in [6, 6.07) is 3.78. The zero-order valence-electron chi connectivity index (χ0n) is 11.4. The Bertz CT molecular complexity index is 581. The quantitative estimate of drug-likeness (QED) is 0.850. The lowest BCUT2D eigenvalue weighted by molar-refractivity contribution is -0.139. The number of amides is 1. The molecule has 0 fully saturated rings. The van der Waals surface area contributed by atoms with E-state index in [9.17, 15) is 14.7 Å². The summed E-state index contributed by atoms with van der Waals surface area (Å²) in [6.45, 7) is 2.65. The molecule has 0 bridgehead atoms. The van der Waals surface area contributed by atoms with Crippen LogP contribution in [-0.2, 0) is 16.0 Å². The molecule has 1 atom stereocenters. The van der Waals surface area contributed by atoms with Crippen LogP contribution >= 0.6 is 0 Å². The van der Waals surface area contributed by atoms with Crippen molar-refractivity contribution in [2.24, 2.45) is 0 Å². The number of hydrogen-bond acceptors (Lipinski definition) is 3. The first-order valence-corrected chi connectivity index (χ1v) is 6.89. The van der Waals surface area contributed by atoms with E-state index in [1.165, 1.54) is 6.92 Å². The van der Waals surface area contributed by atoms with Gasteiger partial charge in [0, 0.05) is 19.9 Å². The number of carboxylic acid groups (broad SMARTS) is 1. The fourth-order valence-corrected chi connectivity index (χ4v) is 3.10. The molecule has 5 nitrogen and oxygen atoms in total. The number of aliphatic carboxylic acids is 1. The number of fused-ring (bicyclic) bond motifs is 3. The van der Waals surface area contributed by atoms with Crippen molar-refractivity contribution in [3.05, 3.63) is 23.3 Å². The van der Waals surface area contributed by atoms with Gasteiger partial charge in [-0.1, -0.05) is 12.1 Å². The first-order valence-electron chi connectivity index (χ1n) is 6.89. The normalized spacial score (nSPS) is 20.6. The molecule has 20 heavy (non-hydrogen) atoms. The van der Waals surface area contributed by atoms with Gasteiger partial charge in [0.1, 0.15) is 5.75 Å². The molecule has 1 aromatic carbocycles. The van der Waals surface area contributed by atoms with Gasteiger partial charge in [0.25, 0.3) is 0 Å². The van der Waals surface area contributed by atoms with Crippen molar-refractivity contribution in [1.29, 1.82) is 0 Å². The summed E-state index contributed by atoms with van der Waals surface area (Å²) < 4.78 is 5.67. The van der Waals surface area contributed by atoms with Crippen LogP contribution in [0.4, 0.5) is 5.69 Å². The molecule has 1 amide bonds. The number of carbonyl (C=O) groups is 2. The molecular formula is C15H17NO4. The Morgan fingerprint density at radius 2 is 2.20 bits per heavy atom. The summed E-state index contributed by atoms with van der Waals surface area (Å²) >= 11 is 0. The lowest BCUT2D eigenvalue weighted by atomic mass is 9.92. The van der Waals surface area contributed by atoms with Crippen molar-refractivity contribution in [3.63, 3.8) is 0 Å². The first-order chi connectivity index (χ1) is 9.59. The highest BCUT2D eigenvalue weighted by molar-refractivity contribution is 5.96. The molecule has 0 saturated carbocycles. The third-order valence-electron chi connectivity index (χ3n) is 4.06. The Kier molecular flexibility index (Phi) is 3.12. The van der Waals surface area contributed by atoms with Gasteiger partial charge in [-0.25, -0.2) is 0 Å². The summed E-state index contributed by atoms with van der Waals surface area (Å²) in [5.41, 5.74) is 2.43. The van der Waals surface area contributed by atoms with E-state index in [0.717, 1.165) is 12.0 Å². The fourth-order valence-electron chi connectivity index (χ4n) is 3.10. The van der Waals surface area contributed by atoms with Crippen molar-refractivity contribution >= 4 is 17.6 Å². The smallest absolute Gasteiger partial charge is 0.311 e. The van der Waals surface area contributed by atoms with E-state index in [2.05, 4.69) is 0 Å². The Morgan fingerprint density at radius 3 is 2.90 bits per heavy atom. The van der Waals surface area contributed by atoms with Crippen molar-refractivity contribution in [2.45, 2.75) is 32.1 Å². The number of ether oxygens (including phenoxy) is 1. The second-order valence-electron chi connectivity index (χ2n) is 5.29. The number of carbonyl (C=O) groups excluding carboxylic acids is 1. The van der Waals surface area contributed by atoms with Crippen molar-refractivity contribution in [1.82, 2.24) is 0 Å². The molecule has 1 aromatic rings. The number of hydrogen-bond donors (Lipinski definition) is 1. The summed E-state index contributed by atoms with van der Waals surface area (Å²) in [4.78, 5) is 25.1. The molecule has 0 aliphatic carbocycles. The largest absolute Gasteiger partial charge is 0.491 e. The van der Waals surface area contributed by atoms with E-state index >= 15 is 0 Å². The molecule has 0 saturated heterocycles. The van der Waals surface area contributed by atoms with Gasteiger partial charge in [0.15, 0.2) is 0 Å². The van der Waals surface area contributed by atoms with E-state index in [-0.39, 0.29) is 5.91 Å². The average Bonchev–Trinajstić information content (AvgIpc) is 2.78. The van der Waals surface area contributed by atoms with Crippen molar-refractivity contribution in [3.8, 4) is 5.75 Å². The molecule has 106 valence electrons. The van der Waals surface area contributed by atoms with Crippen LogP contribution < -0.4 is 9.64 Å². The summed E-state index contributed by atoms with van der Waals surface area (Å²) in [7, 11) is 0. The second-order valence-corrected chi connectivity index (χ2v) is 5.29. The van der Waals surface area contributed by atoms with Gasteiger partial charge < -0.3 is 14.7 Å². The maximum atomic E-state index is 11.9. The Labute approximate surface area is 117 Å². The Hall–Kier alpha value is -2.04. The zero-order chi connectivity index (χ0) is 14.3. The van der Waals surface area contributed by atoms with Gasteiger partial charge >= 0.3 is 5.97 Å². The summed E-state index contributed by atoms with van der Waals surface area (Å²) in [5, 5.41) is 9.44.